The first-order chi connectivity index (χ1) is 25.6. The maximum Gasteiger partial charge on any atom is 0.350 e. The lowest BCUT2D eigenvalue weighted by Gasteiger charge is -2.36. The second kappa shape index (κ2) is 15.1. The van der Waals surface area contributed by atoms with E-state index in [4.69, 9.17) is 15.2 Å². The van der Waals surface area contributed by atoms with E-state index in [1.165, 1.54) is 11.1 Å². The van der Waals surface area contributed by atoms with Crippen molar-refractivity contribution in [3.63, 3.8) is 0 Å². The highest BCUT2D eigenvalue weighted by atomic mass is 16.7. The molecule has 0 saturated carbocycles. The van der Waals surface area contributed by atoms with Gasteiger partial charge in [-0.2, -0.15) is 0 Å². The summed E-state index contributed by atoms with van der Waals surface area (Å²) in [4.78, 5) is 46.9. The molecule has 0 spiro atoms. The Kier molecular flexibility index (Phi) is 10.5. The number of benzene rings is 1. The molecule has 12 heteroatoms. The molecule has 0 radical (unpaired) electrons. The topological polar surface area (TPSA) is 171 Å². The lowest BCUT2D eigenvalue weighted by atomic mass is 9.72. The van der Waals surface area contributed by atoms with Gasteiger partial charge >= 0.3 is 5.97 Å². The van der Waals surface area contributed by atoms with E-state index < -0.39 is 23.0 Å². The molecule has 1 saturated heterocycles. The van der Waals surface area contributed by atoms with Crippen molar-refractivity contribution in [1.82, 2.24) is 26.6 Å². The average molecular weight is 724 g/mol. The molecule has 3 heterocycles. The fraction of sp³-hybridized carbons (Fsp3) is 0.512. The summed E-state index contributed by atoms with van der Waals surface area (Å²) in [6.07, 6.45) is 16.3. The number of rotatable bonds is 12. The monoisotopic (exact) mass is 723 g/mol. The van der Waals surface area contributed by atoms with Crippen LogP contribution in [-0.2, 0) is 14.3 Å². The number of hydrogen-bond donors (Lipinski definition) is 6. The summed E-state index contributed by atoms with van der Waals surface area (Å²) >= 11 is 0. The number of guanidine groups is 1. The minimum atomic E-state index is -2.03. The molecule has 3 aliphatic heterocycles. The lowest BCUT2D eigenvalue weighted by Crippen LogP contribution is -2.51. The first-order valence-corrected chi connectivity index (χ1v) is 19.1. The van der Waals surface area contributed by atoms with Crippen molar-refractivity contribution in [2.75, 3.05) is 33.8 Å². The quantitative estimate of drug-likeness (QED) is 0.0467. The van der Waals surface area contributed by atoms with Gasteiger partial charge in [0, 0.05) is 43.1 Å². The van der Waals surface area contributed by atoms with Crippen molar-refractivity contribution in [2.24, 2.45) is 22.6 Å². The number of aliphatic imine (C=N–C) groups is 1. The zero-order valence-corrected chi connectivity index (χ0v) is 31.2. The number of esters is 1. The summed E-state index contributed by atoms with van der Waals surface area (Å²) in [6, 6.07) is 6.47. The molecule has 6 aliphatic rings. The Hall–Kier alpha value is -4.52. The van der Waals surface area contributed by atoms with Gasteiger partial charge in [0.05, 0.1) is 18.8 Å². The van der Waals surface area contributed by atoms with E-state index in [0.29, 0.717) is 24.8 Å². The molecule has 1 aromatic rings. The van der Waals surface area contributed by atoms with Gasteiger partial charge in [-0.05, 0) is 81.7 Å². The third-order valence-electron chi connectivity index (χ3n) is 11.8. The lowest BCUT2D eigenvalue weighted by molar-refractivity contribution is -0.150. The first-order valence-electron chi connectivity index (χ1n) is 19.1. The SMILES string of the molecule is CCNC1C=C2C=CCCC2CC1COC(=O)C12OC1(CC=C(C)CC(NC(N)=NC)C1=CCNC3=C1CCC(NC)N3)C(=O)c1ccccc1C2=O. The number of ketones is 2. The number of nitrogens with zero attached hydrogens (tertiary/aromatic N) is 1. The number of dihydropyridines is 1. The molecule has 53 heavy (non-hydrogen) atoms. The summed E-state index contributed by atoms with van der Waals surface area (Å²) < 4.78 is 12.3. The molecule has 7 N–H and O–H groups in total. The second-order valence-corrected chi connectivity index (χ2v) is 15.0. The van der Waals surface area contributed by atoms with Gasteiger partial charge < -0.3 is 41.8 Å². The summed E-state index contributed by atoms with van der Waals surface area (Å²) in [5.74, 6) is 0.0672. The largest absolute Gasteiger partial charge is 0.463 e. The number of nitrogens with two attached hydrogens (primary N) is 1. The number of nitrogens with one attached hydrogen (secondary N) is 5. The van der Waals surface area contributed by atoms with Crippen LogP contribution in [0.2, 0.25) is 0 Å². The Bertz CT molecular complexity index is 1840. The summed E-state index contributed by atoms with van der Waals surface area (Å²) in [6.45, 7) is 5.59. The zero-order chi connectivity index (χ0) is 37.3. The Labute approximate surface area is 311 Å². The van der Waals surface area contributed by atoms with E-state index in [9.17, 15) is 14.4 Å². The minimum Gasteiger partial charge on any atom is -0.463 e. The maximum absolute atomic E-state index is 14.3. The molecule has 282 valence electrons. The van der Waals surface area contributed by atoms with Crippen LogP contribution in [0.4, 0.5) is 0 Å². The van der Waals surface area contributed by atoms with Gasteiger partial charge in [-0.15, -0.1) is 0 Å². The van der Waals surface area contributed by atoms with Crippen molar-refractivity contribution >= 4 is 23.5 Å². The molecule has 0 amide bonds. The fourth-order valence-corrected chi connectivity index (χ4v) is 8.93. The molecule has 1 aromatic carbocycles. The predicted octanol–water partition coefficient (Wildman–Crippen LogP) is 3.31. The summed E-state index contributed by atoms with van der Waals surface area (Å²) in [5, 5.41) is 17.2. The van der Waals surface area contributed by atoms with Crippen LogP contribution in [0.1, 0.15) is 79.5 Å². The van der Waals surface area contributed by atoms with E-state index in [0.717, 1.165) is 55.6 Å². The number of likely N-dealkylation sites (N-methyl/N-ethyl adjacent to an activating group) is 1. The number of allylic oxidation sites excluding steroid dienone is 3. The van der Waals surface area contributed by atoms with Gasteiger partial charge in [-0.3, -0.25) is 14.6 Å². The predicted molar refractivity (Wildman–Crippen MR) is 204 cm³/mol. The van der Waals surface area contributed by atoms with Crippen LogP contribution in [0.25, 0.3) is 0 Å². The standard InChI is InChI=1S/C41H53N7O5/c1-5-45-32-22-26-11-7-6-10-25(26)21-27(32)23-52-38(51)41-36(50)30-13-9-8-12-29(30)35(49)40(41,53-41)18-16-24(2)20-33(47-39(42)44-4)28-17-19-46-37-31(28)14-15-34(43-3)48-37/h7-9,11-13,16-17,22,25,27,32-34,43,45-46,48H,5-6,10,14-15,18-21,23H2,1-4H3,(H3,42,44,47). The van der Waals surface area contributed by atoms with E-state index in [-0.39, 0.29) is 54.1 Å². The number of hydrogen-bond acceptors (Lipinski definition) is 10. The van der Waals surface area contributed by atoms with Gasteiger partial charge in [-0.1, -0.05) is 67.1 Å². The Morgan fingerprint density at radius 3 is 2.75 bits per heavy atom. The van der Waals surface area contributed by atoms with Gasteiger partial charge in [0.25, 0.3) is 5.60 Å². The normalized spacial score (nSPS) is 31.1. The molecule has 7 atom stereocenters. The van der Waals surface area contributed by atoms with Gasteiger partial charge in [0.15, 0.2) is 17.3 Å². The van der Waals surface area contributed by atoms with Gasteiger partial charge in [-0.25, -0.2) is 4.79 Å². The molecule has 12 nitrogen and oxygen atoms in total. The van der Waals surface area contributed by atoms with Gasteiger partial charge in [0.1, 0.15) is 5.82 Å². The van der Waals surface area contributed by atoms with E-state index >= 15 is 0 Å². The number of carbonyl (C=O) groups is 3. The van der Waals surface area contributed by atoms with E-state index in [1.807, 2.05) is 20.0 Å². The van der Waals surface area contributed by atoms with Crippen LogP contribution in [0.5, 0.6) is 0 Å². The molecule has 7 rings (SSSR count). The first kappa shape index (κ1) is 36.8. The third kappa shape index (κ3) is 6.65. The fourth-order valence-electron chi connectivity index (χ4n) is 8.93. The van der Waals surface area contributed by atoms with Crippen LogP contribution in [0.3, 0.4) is 0 Å². The summed E-state index contributed by atoms with van der Waals surface area (Å²) in [7, 11) is 3.59. The van der Waals surface area contributed by atoms with Crippen molar-refractivity contribution in [3.8, 4) is 0 Å². The van der Waals surface area contributed by atoms with Crippen LogP contribution in [0, 0.1) is 11.8 Å². The molecule has 0 aromatic heterocycles. The van der Waals surface area contributed by atoms with Crippen molar-refractivity contribution in [2.45, 2.75) is 88.2 Å². The number of fused-ring (bicyclic) bond motifs is 3. The van der Waals surface area contributed by atoms with Crippen LogP contribution in [-0.4, -0.2) is 86.7 Å². The smallest absolute Gasteiger partial charge is 0.350 e. The highest BCUT2D eigenvalue weighted by molar-refractivity contribution is 6.32. The molecular weight excluding hydrogens is 670 g/mol. The third-order valence-corrected chi connectivity index (χ3v) is 11.8. The average Bonchev–Trinajstić information content (AvgIpc) is 3.89. The Balaban J connectivity index is 1.13. The van der Waals surface area contributed by atoms with E-state index in [2.05, 4.69) is 62.8 Å². The van der Waals surface area contributed by atoms with Crippen molar-refractivity contribution in [1.29, 1.82) is 0 Å². The molecule has 0 bridgehead atoms. The molecular formula is C41H53N7O5. The summed E-state index contributed by atoms with van der Waals surface area (Å²) in [5.41, 5.74) is 7.55. The minimum absolute atomic E-state index is 0.0273. The van der Waals surface area contributed by atoms with Crippen LogP contribution < -0.4 is 32.3 Å². The Morgan fingerprint density at radius 2 is 2.00 bits per heavy atom. The van der Waals surface area contributed by atoms with Crippen LogP contribution >= 0.6 is 0 Å². The maximum atomic E-state index is 14.3. The van der Waals surface area contributed by atoms with Gasteiger partial charge in [0.2, 0.25) is 5.78 Å². The van der Waals surface area contributed by atoms with Crippen LogP contribution in [0.15, 0.2) is 87.8 Å². The van der Waals surface area contributed by atoms with Crippen molar-refractivity contribution in [3.05, 3.63) is 93.9 Å². The molecule has 1 fully saturated rings. The second-order valence-electron chi connectivity index (χ2n) is 15.0. The number of epoxide rings is 1. The number of Topliss-reactive ketones (excluding diaryl/α,β-unsaturated/α-hetero) is 2. The zero-order valence-electron chi connectivity index (χ0n) is 31.2. The highest BCUT2D eigenvalue weighted by Gasteiger charge is 2.85. The van der Waals surface area contributed by atoms with E-state index in [1.54, 1.807) is 31.3 Å². The van der Waals surface area contributed by atoms with Crippen molar-refractivity contribution < 1.29 is 23.9 Å². The molecule has 3 aliphatic carbocycles. The number of ether oxygens (including phenoxy) is 2. The highest BCUT2D eigenvalue weighted by Crippen LogP contribution is 2.58. The Morgan fingerprint density at radius 1 is 1.21 bits per heavy atom. The number of carbonyl (C=O) groups excluding carboxylic acids is 3. The molecule has 7 unspecified atom stereocenters.